The smallest absolute Gasteiger partial charge is 0.326 e. The molecule has 0 bridgehead atoms. The molecule has 5 nitrogen and oxygen atoms in total. The lowest BCUT2D eigenvalue weighted by atomic mass is 9.98. The van der Waals surface area contributed by atoms with Crippen LogP contribution in [0.25, 0.3) is 10.8 Å². The second-order valence-electron chi connectivity index (χ2n) is 4.58. The standard InChI is InChI=1S/C15H15NO4/c1-9(17)16-13(15(19)20)8-10-6-7-14(18)12-5-3-2-4-11(10)12/h2-7,13,18H,8H2,1H3,(H,16,17)(H,19,20)/t13-/m0/s1. The van der Waals surface area contributed by atoms with E-state index in [0.717, 1.165) is 10.9 Å². The van der Waals surface area contributed by atoms with E-state index in [4.69, 9.17) is 5.11 Å². The van der Waals surface area contributed by atoms with E-state index in [1.165, 1.54) is 13.0 Å². The molecule has 0 saturated heterocycles. The van der Waals surface area contributed by atoms with Crippen molar-refractivity contribution in [1.29, 1.82) is 0 Å². The highest BCUT2D eigenvalue weighted by Gasteiger charge is 2.20. The van der Waals surface area contributed by atoms with Gasteiger partial charge in [0, 0.05) is 18.7 Å². The van der Waals surface area contributed by atoms with Crippen LogP contribution in [0.15, 0.2) is 36.4 Å². The van der Waals surface area contributed by atoms with E-state index >= 15 is 0 Å². The molecule has 1 atom stereocenters. The van der Waals surface area contributed by atoms with Crippen LogP contribution >= 0.6 is 0 Å². The SMILES string of the molecule is CC(=O)N[C@@H](Cc1ccc(O)c2ccccc12)C(=O)O. The van der Waals surface area contributed by atoms with Crippen LogP contribution in [0.4, 0.5) is 0 Å². The van der Waals surface area contributed by atoms with Gasteiger partial charge in [0.1, 0.15) is 11.8 Å². The molecule has 0 fully saturated rings. The van der Waals surface area contributed by atoms with Crippen LogP contribution < -0.4 is 5.32 Å². The number of hydrogen-bond donors (Lipinski definition) is 3. The van der Waals surface area contributed by atoms with E-state index in [2.05, 4.69) is 5.32 Å². The van der Waals surface area contributed by atoms with Crippen molar-refractivity contribution in [1.82, 2.24) is 5.32 Å². The maximum Gasteiger partial charge on any atom is 0.326 e. The van der Waals surface area contributed by atoms with E-state index in [1.54, 1.807) is 18.2 Å². The number of benzene rings is 2. The van der Waals surface area contributed by atoms with Crippen LogP contribution in [0, 0.1) is 0 Å². The summed E-state index contributed by atoms with van der Waals surface area (Å²) in [4.78, 5) is 22.2. The van der Waals surface area contributed by atoms with Gasteiger partial charge in [-0.1, -0.05) is 30.3 Å². The first kappa shape index (κ1) is 13.9. The van der Waals surface area contributed by atoms with Crippen molar-refractivity contribution in [2.75, 3.05) is 0 Å². The molecule has 0 aliphatic heterocycles. The Kier molecular flexibility index (Phi) is 3.89. The first-order chi connectivity index (χ1) is 9.49. The van der Waals surface area contributed by atoms with Crippen molar-refractivity contribution in [3.05, 3.63) is 42.0 Å². The van der Waals surface area contributed by atoms with Crippen LogP contribution in [0.5, 0.6) is 5.75 Å². The number of carbonyl (C=O) groups excluding carboxylic acids is 1. The summed E-state index contributed by atoms with van der Waals surface area (Å²) in [6.07, 6.45) is 0.162. The fourth-order valence-corrected chi connectivity index (χ4v) is 2.19. The molecule has 0 radical (unpaired) electrons. The van der Waals surface area contributed by atoms with E-state index in [9.17, 15) is 14.7 Å². The van der Waals surface area contributed by atoms with E-state index in [-0.39, 0.29) is 18.1 Å². The van der Waals surface area contributed by atoms with E-state index < -0.39 is 12.0 Å². The summed E-state index contributed by atoms with van der Waals surface area (Å²) in [5, 5.41) is 22.8. The van der Waals surface area contributed by atoms with Gasteiger partial charge >= 0.3 is 5.97 Å². The molecule has 2 rings (SSSR count). The maximum absolute atomic E-state index is 11.2. The lowest BCUT2D eigenvalue weighted by Gasteiger charge is -2.15. The molecule has 2 aromatic rings. The van der Waals surface area contributed by atoms with Crippen LogP contribution in [-0.2, 0) is 16.0 Å². The van der Waals surface area contributed by atoms with Crippen molar-refractivity contribution >= 4 is 22.6 Å². The Morgan fingerprint density at radius 2 is 1.80 bits per heavy atom. The number of carboxylic acids is 1. The zero-order chi connectivity index (χ0) is 14.7. The molecule has 2 aromatic carbocycles. The quantitative estimate of drug-likeness (QED) is 0.791. The predicted octanol–water partition coefficient (Wildman–Crippen LogP) is 1.68. The van der Waals surface area contributed by atoms with Gasteiger partial charge < -0.3 is 15.5 Å². The monoisotopic (exact) mass is 273 g/mol. The average molecular weight is 273 g/mol. The minimum absolute atomic E-state index is 0.149. The molecule has 3 N–H and O–H groups in total. The van der Waals surface area contributed by atoms with Crippen molar-refractivity contribution < 1.29 is 19.8 Å². The van der Waals surface area contributed by atoms with Gasteiger partial charge in [0.15, 0.2) is 0 Å². The summed E-state index contributed by atoms with van der Waals surface area (Å²) in [6.45, 7) is 1.28. The number of rotatable bonds is 4. The second kappa shape index (κ2) is 5.61. The minimum atomic E-state index is -1.09. The van der Waals surface area contributed by atoms with Gasteiger partial charge in [0.25, 0.3) is 0 Å². The second-order valence-corrected chi connectivity index (χ2v) is 4.58. The normalized spacial score (nSPS) is 12.1. The first-order valence-electron chi connectivity index (χ1n) is 6.18. The van der Waals surface area contributed by atoms with Gasteiger partial charge in [-0.15, -0.1) is 0 Å². The van der Waals surface area contributed by atoms with E-state index in [0.29, 0.717) is 5.39 Å². The van der Waals surface area contributed by atoms with Crippen LogP contribution in [0.3, 0.4) is 0 Å². The molecule has 20 heavy (non-hydrogen) atoms. The molecule has 0 spiro atoms. The molecule has 1 amide bonds. The third-order valence-corrected chi connectivity index (χ3v) is 3.09. The van der Waals surface area contributed by atoms with Crippen LogP contribution in [0.1, 0.15) is 12.5 Å². The number of carbonyl (C=O) groups is 2. The zero-order valence-corrected chi connectivity index (χ0v) is 11.0. The third kappa shape index (κ3) is 2.88. The van der Waals surface area contributed by atoms with Crippen molar-refractivity contribution in [3.8, 4) is 5.75 Å². The summed E-state index contributed by atoms with van der Waals surface area (Å²) in [5.41, 5.74) is 0.763. The minimum Gasteiger partial charge on any atom is -0.507 e. The Morgan fingerprint density at radius 3 is 2.40 bits per heavy atom. The van der Waals surface area contributed by atoms with Gasteiger partial charge in [-0.05, 0) is 17.0 Å². The topological polar surface area (TPSA) is 86.6 Å². The molecular formula is C15H15NO4. The zero-order valence-electron chi connectivity index (χ0n) is 11.0. The van der Waals surface area contributed by atoms with Crippen molar-refractivity contribution in [3.63, 3.8) is 0 Å². The summed E-state index contributed by atoms with van der Waals surface area (Å²) in [5.74, 6) is -1.33. The molecule has 0 heterocycles. The van der Waals surface area contributed by atoms with Gasteiger partial charge in [0.2, 0.25) is 5.91 Å². The third-order valence-electron chi connectivity index (χ3n) is 3.09. The van der Waals surface area contributed by atoms with Gasteiger partial charge in [-0.25, -0.2) is 4.79 Å². The Balaban J connectivity index is 2.40. The Labute approximate surface area is 115 Å². The molecule has 0 aromatic heterocycles. The maximum atomic E-state index is 11.2. The fraction of sp³-hybridized carbons (Fsp3) is 0.200. The Morgan fingerprint density at radius 1 is 1.15 bits per heavy atom. The summed E-state index contributed by atoms with van der Waals surface area (Å²) in [6, 6.07) is 9.42. The summed E-state index contributed by atoms with van der Waals surface area (Å²) >= 11 is 0. The number of hydrogen-bond acceptors (Lipinski definition) is 3. The van der Waals surface area contributed by atoms with Gasteiger partial charge in [-0.3, -0.25) is 4.79 Å². The number of phenols is 1. The highest BCUT2D eigenvalue weighted by Crippen LogP contribution is 2.28. The van der Waals surface area contributed by atoms with Gasteiger partial charge in [0.05, 0.1) is 0 Å². The largest absolute Gasteiger partial charge is 0.507 e. The Bertz CT molecular complexity index is 666. The molecule has 0 aliphatic carbocycles. The molecule has 0 unspecified atom stereocenters. The number of phenolic OH excluding ortho intramolecular Hbond substituents is 1. The number of aliphatic carboxylic acids is 1. The molecule has 0 saturated carbocycles. The number of amides is 1. The fourth-order valence-electron chi connectivity index (χ4n) is 2.19. The van der Waals surface area contributed by atoms with Crippen molar-refractivity contribution in [2.24, 2.45) is 0 Å². The number of fused-ring (bicyclic) bond motifs is 1. The molecular weight excluding hydrogens is 258 g/mol. The molecule has 104 valence electrons. The molecule has 5 heteroatoms. The lowest BCUT2D eigenvalue weighted by Crippen LogP contribution is -2.41. The summed E-state index contributed by atoms with van der Waals surface area (Å²) < 4.78 is 0. The van der Waals surface area contributed by atoms with E-state index in [1.807, 2.05) is 12.1 Å². The van der Waals surface area contributed by atoms with Gasteiger partial charge in [-0.2, -0.15) is 0 Å². The van der Waals surface area contributed by atoms with Crippen LogP contribution in [-0.4, -0.2) is 28.1 Å². The molecule has 0 aliphatic rings. The average Bonchev–Trinajstić information content (AvgIpc) is 2.40. The Hall–Kier alpha value is -2.56. The number of aromatic hydroxyl groups is 1. The van der Waals surface area contributed by atoms with Crippen LogP contribution in [0.2, 0.25) is 0 Å². The highest BCUT2D eigenvalue weighted by molar-refractivity contribution is 5.91. The van der Waals surface area contributed by atoms with Crippen molar-refractivity contribution in [2.45, 2.75) is 19.4 Å². The number of carboxylic acid groups (broad SMARTS) is 1. The lowest BCUT2D eigenvalue weighted by molar-refractivity contribution is -0.141. The highest BCUT2D eigenvalue weighted by atomic mass is 16.4. The first-order valence-corrected chi connectivity index (χ1v) is 6.18. The predicted molar refractivity (Wildman–Crippen MR) is 74.6 cm³/mol. The summed E-state index contributed by atoms with van der Waals surface area (Å²) in [7, 11) is 0. The number of nitrogens with one attached hydrogen (secondary N) is 1.